The Kier molecular flexibility index (Phi) is 5.66. The molecule has 0 radical (unpaired) electrons. The Balaban J connectivity index is 1.74. The van der Waals surface area contributed by atoms with Gasteiger partial charge >= 0.3 is 0 Å². The van der Waals surface area contributed by atoms with E-state index in [9.17, 15) is 13.2 Å². The third-order valence-corrected chi connectivity index (χ3v) is 7.15. The summed E-state index contributed by atoms with van der Waals surface area (Å²) >= 11 is 0. The minimum atomic E-state index is -3.57. The highest BCUT2D eigenvalue weighted by atomic mass is 32.2. The van der Waals surface area contributed by atoms with Gasteiger partial charge in [0.1, 0.15) is 0 Å². The van der Waals surface area contributed by atoms with Crippen molar-refractivity contribution in [1.82, 2.24) is 9.21 Å². The summed E-state index contributed by atoms with van der Waals surface area (Å²) in [6.45, 7) is 9.68. The number of benzene rings is 1. The zero-order valence-electron chi connectivity index (χ0n) is 16.6. The highest BCUT2D eigenvalue weighted by Gasteiger charge is 2.39. The Bertz CT molecular complexity index is 789. The van der Waals surface area contributed by atoms with Gasteiger partial charge in [0.15, 0.2) is 0 Å². The summed E-state index contributed by atoms with van der Waals surface area (Å²) in [5.74, 6) is -0.248. The topological polar surface area (TPSA) is 66.9 Å². The fourth-order valence-corrected chi connectivity index (χ4v) is 5.63. The number of carbonyl (C=O) groups is 1. The Morgan fingerprint density at radius 3 is 2.48 bits per heavy atom. The largest absolute Gasteiger partial charge is 0.369 e. The quantitative estimate of drug-likeness (QED) is 0.790. The molecule has 2 fully saturated rings. The molecule has 2 saturated heterocycles. The molecule has 1 aromatic rings. The Morgan fingerprint density at radius 2 is 1.85 bits per heavy atom. The van der Waals surface area contributed by atoms with Gasteiger partial charge in [-0.15, -0.1) is 0 Å². The standard InChI is InChI=1S/C20H30N2O4S/c1-15-7-9-18(10-8-15)27(24,25)22-11-5-6-17(13-22)19(23)21-12-16(2)26-20(3,4)14-21/h7-10,16-17H,5-6,11-14H2,1-4H3. The van der Waals surface area contributed by atoms with Crippen LogP contribution >= 0.6 is 0 Å². The number of amides is 1. The van der Waals surface area contributed by atoms with Crippen molar-refractivity contribution < 1.29 is 17.9 Å². The predicted octanol–water partition coefficient (Wildman–Crippen LogP) is 2.42. The van der Waals surface area contributed by atoms with Crippen LogP contribution in [0.15, 0.2) is 29.2 Å². The molecule has 0 spiro atoms. The van der Waals surface area contributed by atoms with Crippen molar-refractivity contribution in [3.05, 3.63) is 29.8 Å². The smallest absolute Gasteiger partial charge is 0.243 e. The molecule has 2 aliphatic rings. The summed E-state index contributed by atoms with van der Waals surface area (Å²) < 4.78 is 33.3. The van der Waals surface area contributed by atoms with E-state index in [2.05, 4.69) is 0 Å². The van der Waals surface area contributed by atoms with Crippen molar-refractivity contribution in [2.24, 2.45) is 5.92 Å². The van der Waals surface area contributed by atoms with Crippen LogP contribution in [0.5, 0.6) is 0 Å². The molecule has 2 unspecified atom stereocenters. The van der Waals surface area contributed by atoms with E-state index in [1.54, 1.807) is 24.3 Å². The first-order valence-corrected chi connectivity index (χ1v) is 11.1. The average molecular weight is 395 g/mol. The van der Waals surface area contributed by atoms with Crippen LogP contribution < -0.4 is 0 Å². The van der Waals surface area contributed by atoms with Crippen LogP contribution in [0.4, 0.5) is 0 Å². The lowest BCUT2D eigenvalue weighted by atomic mass is 9.96. The molecular formula is C20H30N2O4S. The maximum Gasteiger partial charge on any atom is 0.243 e. The normalized spacial score (nSPS) is 26.7. The second-order valence-electron chi connectivity index (χ2n) is 8.42. The molecular weight excluding hydrogens is 364 g/mol. The van der Waals surface area contributed by atoms with Gasteiger partial charge in [-0.3, -0.25) is 4.79 Å². The van der Waals surface area contributed by atoms with Crippen molar-refractivity contribution in [3.63, 3.8) is 0 Å². The van der Waals surface area contributed by atoms with Gasteiger partial charge in [0, 0.05) is 26.2 Å². The maximum atomic E-state index is 13.1. The van der Waals surface area contributed by atoms with E-state index < -0.39 is 10.0 Å². The SMILES string of the molecule is Cc1ccc(S(=O)(=O)N2CCCC(C(=O)N3CC(C)OC(C)(C)C3)C2)cc1. The van der Waals surface area contributed by atoms with Crippen LogP contribution in [-0.4, -0.2) is 61.4 Å². The van der Waals surface area contributed by atoms with Gasteiger partial charge in [-0.25, -0.2) is 8.42 Å². The summed E-state index contributed by atoms with van der Waals surface area (Å²) in [5, 5.41) is 0. The number of hydrogen-bond acceptors (Lipinski definition) is 4. The van der Waals surface area contributed by atoms with Gasteiger partial charge in [0.2, 0.25) is 15.9 Å². The Hall–Kier alpha value is -1.44. The highest BCUT2D eigenvalue weighted by Crippen LogP contribution is 2.28. The third kappa shape index (κ3) is 4.52. The number of aryl methyl sites for hydroxylation is 1. The minimum absolute atomic E-state index is 0.0197. The number of piperidine rings is 1. The van der Waals surface area contributed by atoms with Crippen LogP contribution in [0.25, 0.3) is 0 Å². The van der Waals surface area contributed by atoms with E-state index in [0.717, 1.165) is 12.0 Å². The average Bonchev–Trinajstić information content (AvgIpc) is 2.60. The molecule has 27 heavy (non-hydrogen) atoms. The summed E-state index contributed by atoms with van der Waals surface area (Å²) in [4.78, 5) is 15.2. The van der Waals surface area contributed by atoms with Gasteiger partial charge in [0.05, 0.1) is 22.5 Å². The molecule has 7 heteroatoms. The van der Waals surface area contributed by atoms with Gasteiger partial charge < -0.3 is 9.64 Å². The highest BCUT2D eigenvalue weighted by molar-refractivity contribution is 7.89. The van der Waals surface area contributed by atoms with E-state index in [1.165, 1.54) is 4.31 Å². The monoisotopic (exact) mass is 394 g/mol. The lowest BCUT2D eigenvalue weighted by molar-refractivity contribution is -0.162. The number of rotatable bonds is 3. The molecule has 0 saturated carbocycles. The molecule has 2 heterocycles. The molecule has 0 aliphatic carbocycles. The van der Waals surface area contributed by atoms with Gasteiger partial charge in [-0.05, 0) is 52.7 Å². The second kappa shape index (κ2) is 7.53. The number of morpholine rings is 1. The Labute approximate surface area is 162 Å². The van der Waals surface area contributed by atoms with Crippen molar-refractivity contribution in [3.8, 4) is 0 Å². The first-order chi connectivity index (χ1) is 12.6. The van der Waals surface area contributed by atoms with Gasteiger partial charge in [-0.1, -0.05) is 17.7 Å². The van der Waals surface area contributed by atoms with Crippen LogP contribution in [-0.2, 0) is 19.6 Å². The molecule has 150 valence electrons. The predicted molar refractivity (Wildman–Crippen MR) is 104 cm³/mol. The number of sulfonamides is 1. The molecule has 2 atom stereocenters. The van der Waals surface area contributed by atoms with E-state index in [4.69, 9.17) is 4.74 Å². The van der Waals surface area contributed by atoms with Gasteiger partial charge in [0.25, 0.3) is 0 Å². The summed E-state index contributed by atoms with van der Waals surface area (Å²) in [7, 11) is -3.57. The molecule has 2 aliphatic heterocycles. The molecule has 3 rings (SSSR count). The number of carbonyl (C=O) groups excluding carboxylic acids is 1. The molecule has 0 aromatic heterocycles. The number of hydrogen-bond donors (Lipinski definition) is 0. The van der Waals surface area contributed by atoms with E-state index in [-0.39, 0.29) is 30.1 Å². The zero-order chi connectivity index (χ0) is 19.8. The number of nitrogens with zero attached hydrogens (tertiary/aromatic N) is 2. The first-order valence-electron chi connectivity index (χ1n) is 9.62. The zero-order valence-corrected chi connectivity index (χ0v) is 17.5. The van der Waals surface area contributed by atoms with Crippen molar-refractivity contribution in [2.75, 3.05) is 26.2 Å². The lowest BCUT2D eigenvalue weighted by Gasteiger charge is -2.43. The molecule has 1 aromatic carbocycles. The van der Waals surface area contributed by atoms with E-state index in [1.807, 2.05) is 32.6 Å². The maximum absolute atomic E-state index is 13.1. The van der Waals surface area contributed by atoms with Crippen LogP contribution in [0, 0.1) is 12.8 Å². The van der Waals surface area contributed by atoms with Gasteiger partial charge in [-0.2, -0.15) is 4.31 Å². The second-order valence-corrected chi connectivity index (χ2v) is 10.4. The van der Waals surface area contributed by atoms with E-state index in [0.29, 0.717) is 31.0 Å². The first kappa shape index (κ1) is 20.3. The fourth-order valence-electron chi connectivity index (χ4n) is 4.10. The summed E-state index contributed by atoms with van der Waals surface area (Å²) in [5.41, 5.74) is 0.639. The van der Waals surface area contributed by atoms with Crippen LogP contribution in [0.3, 0.4) is 0 Å². The molecule has 0 N–H and O–H groups in total. The Morgan fingerprint density at radius 1 is 1.19 bits per heavy atom. The summed E-state index contributed by atoms with van der Waals surface area (Å²) in [6, 6.07) is 6.89. The molecule has 0 bridgehead atoms. The molecule has 6 nitrogen and oxygen atoms in total. The molecule has 1 amide bonds. The minimum Gasteiger partial charge on any atom is -0.369 e. The van der Waals surface area contributed by atoms with Crippen molar-refractivity contribution in [1.29, 1.82) is 0 Å². The van der Waals surface area contributed by atoms with Crippen molar-refractivity contribution in [2.45, 2.75) is 57.1 Å². The summed E-state index contributed by atoms with van der Waals surface area (Å²) in [6.07, 6.45) is 1.41. The number of ether oxygens (including phenoxy) is 1. The van der Waals surface area contributed by atoms with Crippen LogP contribution in [0.1, 0.15) is 39.2 Å². The lowest BCUT2D eigenvalue weighted by Crippen LogP contribution is -2.56. The van der Waals surface area contributed by atoms with Crippen molar-refractivity contribution >= 4 is 15.9 Å². The van der Waals surface area contributed by atoms with Crippen LogP contribution in [0.2, 0.25) is 0 Å². The third-order valence-electron chi connectivity index (χ3n) is 5.27. The van der Waals surface area contributed by atoms with E-state index >= 15 is 0 Å². The fraction of sp³-hybridized carbons (Fsp3) is 0.650.